The maximum Gasteiger partial charge on any atom is 0.205 e. The number of piperidine rings is 1. The van der Waals surface area contributed by atoms with Crippen LogP contribution < -0.4 is 10.2 Å². The summed E-state index contributed by atoms with van der Waals surface area (Å²) in [5, 5.41) is 4.52. The number of aromatic nitrogens is 2. The number of aryl methyl sites for hydroxylation is 1. The average molecular weight is 254 g/mol. The van der Waals surface area contributed by atoms with Gasteiger partial charge in [0.1, 0.15) is 5.82 Å². The number of hydrogen-bond acceptors (Lipinski definition) is 5. The largest absolute Gasteiger partial charge is 0.347 e. The normalized spacial score (nSPS) is 17.3. The summed E-state index contributed by atoms with van der Waals surface area (Å²) in [5.41, 5.74) is 0. The van der Waals surface area contributed by atoms with E-state index in [0.29, 0.717) is 0 Å². The summed E-state index contributed by atoms with van der Waals surface area (Å²) in [7, 11) is 0. The lowest BCUT2D eigenvalue weighted by atomic mass is 9.97. The maximum absolute atomic E-state index is 4.51. The van der Waals surface area contributed by atoms with Crippen molar-refractivity contribution in [2.45, 2.75) is 33.1 Å². The zero-order valence-corrected chi connectivity index (χ0v) is 11.6. The lowest BCUT2D eigenvalue weighted by Gasteiger charge is -2.29. The molecule has 0 aliphatic carbocycles. The fourth-order valence-electron chi connectivity index (χ4n) is 2.33. The summed E-state index contributed by atoms with van der Waals surface area (Å²) in [6, 6.07) is 0. The molecule has 0 aromatic carbocycles. The molecule has 1 fully saturated rings. The highest BCUT2D eigenvalue weighted by molar-refractivity contribution is 7.09. The number of hydrogen-bond donors (Lipinski definition) is 1. The molecule has 4 nitrogen and oxygen atoms in total. The quantitative estimate of drug-likeness (QED) is 0.873. The van der Waals surface area contributed by atoms with Crippen molar-refractivity contribution in [1.82, 2.24) is 14.7 Å². The summed E-state index contributed by atoms with van der Waals surface area (Å²) in [6.45, 7) is 8.76. The Morgan fingerprint density at radius 2 is 2.18 bits per heavy atom. The zero-order valence-electron chi connectivity index (χ0n) is 10.8. The first-order valence-corrected chi connectivity index (χ1v) is 7.33. The fraction of sp³-hybridized carbons (Fsp3) is 0.833. The highest BCUT2D eigenvalue weighted by Crippen LogP contribution is 2.21. The number of rotatable bonds is 5. The van der Waals surface area contributed by atoms with Crippen molar-refractivity contribution in [2.75, 3.05) is 31.1 Å². The molecule has 0 amide bonds. The minimum atomic E-state index is 0.812. The van der Waals surface area contributed by atoms with Gasteiger partial charge in [-0.3, -0.25) is 0 Å². The van der Waals surface area contributed by atoms with Crippen LogP contribution in [-0.2, 0) is 0 Å². The standard InChI is InChI=1S/C12H22N4S/c1-3-8-16(12-14-10(2)15-17-12)9-11-4-6-13-7-5-11/h11,13H,3-9H2,1-2H3. The Morgan fingerprint density at radius 3 is 2.76 bits per heavy atom. The molecule has 5 heteroatoms. The smallest absolute Gasteiger partial charge is 0.205 e. The lowest BCUT2D eigenvalue weighted by molar-refractivity contribution is 0.373. The van der Waals surface area contributed by atoms with Crippen LogP contribution in [-0.4, -0.2) is 35.5 Å². The van der Waals surface area contributed by atoms with Crippen molar-refractivity contribution in [3.8, 4) is 0 Å². The van der Waals surface area contributed by atoms with Crippen LogP contribution in [0.4, 0.5) is 5.13 Å². The molecular formula is C12H22N4S. The molecule has 1 saturated heterocycles. The SMILES string of the molecule is CCCN(CC1CCNCC1)c1nc(C)ns1. The Labute approximate surface area is 108 Å². The van der Waals surface area contributed by atoms with Crippen LogP contribution in [0.5, 0.6) is 0 Å². The van der Waals surface area contributed by atoms with E-state index in [0.717, 1.165) is 30.0 Å². The molecule has 1 aromatic rings. The van der Waals surface area contributed by atoms with E-state index in [1.807, 2.05) is 6.92 Å². The van der Waals surface area contributed by atoms with Gasteiger partial charge in [-0.1, -0.05) is 6.92 Å². The van der Waals surface area contributed by atoms with Gasteiger partial charge in [0, 0.05) is 24.6 Å². The van der Waals surface area contributed by atoms with Gasteiger partial charge in [-0.15, -0.1) is 0 Å². The van der Waals surface area contributed by atoms with E-state index in [4.69, 9.17) is 0 Å². The van der Waals surface area contributed by atoms with Gasteiger partial charge in [0.05, 0.1) is 0 Å². The fourth-order valence-corrected chi connectivity index (χ4v) is 3.03. The average Bonchev–Trinajstić information content (AvgIpc) is 2.77. The van der Waals surface area contributed by atoms with Crippen LogP contribution in [0.15, 0.2) is 0 Å². The highest BCUT2D eigenvalue weighted by atomic mass is 32.1. The third-order valence-electron chi connectivity index (χ3n) is 3.22. The summed E-state index contributed by atoms with van der Waals surface area (Å²) in [4.78, 5) is 6.93. The minimum Gasteiger partial charge on any atom is -0.347 e. The lowest BCUT2D eigenvalue weighted by Crippen LogP contribution is -2.36. The van der Waals surface area contributed by atoms with Crippen molar-refractivity contribution in [1.29, 1.82) is 0 Å². The van der Waals surface area contributed by atoms with Crippen LogP contribution in [0.25, 0.3) is 0 Å². The first-order chi connectivity index (χ1) is 8.29. The molecule has 0 saturated carbocycles. The van der Waals surface area contributed by atoms with Crippen molar-refractivity contribution in [3.05, 3.63) is 5.82 Å². The van der Waals surface area contributed by atoms with E-state index in [-0.39, 0.29) is 0 Å². The Balaban J connectivity index is 1.96. The maximum atomic E-state index is 4.51. The van der Waals surface area contributed by atoms with Crippen molar-refractivity contribution < 1.29 is 0 Å². The van der Waals surface area contributed by atoms with Crippen molar-refractivity contribution in [3.63, 3.8) is 0 Å². The van der Waals surface area contributed by atoms with Crippen LogP contribution in [0.3, 0.4) is 0 Å². The first kappa shape index (κ1) is 12.8. The summed E-state index contributed by atoms with van der Waals surface area (Å²) < 4.78 is 4.29. The van der Waals surface area contributed by atoms with Gasteiger partial charge in [-0.2, -0.15) is 4.37 Å². The molecular weight excluding hydrogens is 232 g/mol. The predicted octanol–water partition coefficient (Wildman–Crippen LogP) is 2.06. The van der Waals surface area contributed by atoms with E-state index in [9.17, 15) is 0 Å². The second-order valence-corrected chi connectivity index (χ2v) is 5.49. The summed E-state index contributed by atoms with van der Waals surface area (Å²) in [5.74, 6) is 1.71. The van der Waals surface area contributed by atoms with Gasteiger partial charge < -0.3 is 10.2 Å². The van der Waals surface area contributed by atoms with Crippen molar-refractivity contribution in [2.24, 2.45) is 5.92 Å². The van der Waals surface area contributed by atoms with Gasteiger partial charge in [-0.25, -0.2) is 4.98 Å². The van der Waals surface area contributed by atoms with E-state index >= 15 is 0 Å². The summed E-state index contributed by atoms with van der Waals surface area (Å²) >= 11 is 1.54. The third kappa shape index (κ3) is 3.64. The molecule has 0 radical (unpaired) electrons. The molecule has 0 unspecified atom stereocenters. The van der Waals surface area contributed by atoms with Crippen LogP contribution in [0.2, 0.25) is 0 Å². The molecule has 2 rings (SSSR count). The molecule has 1 aliphatic rings. The van der Waals surface area contributed by atoms with Gasteiger partial charge >= 0.3 is 0 Å². The monoisotopic (exact) mass is 254 g/mol. The molecule has 1 aromatic heterocycles. The second kappa shape index (κ2) is 6.31. The first-order valence-electron chi connectivity index (χ1n) is 6.55. The highest BCUT2D eigenvalue weighted by Gasteiger charge is 2.18. The van der Waals surface area contributed by atoms with Crippen LogP contribution in [0, 0.1) is 12.8 Å². The molecule has 17 heavy (non-hydrogen) atoms. The van der Waals surface area contributed by atoms with Crippen LogP contribution in [0.1, 0.15) is 32.0 Å². The van der Waals surface area contributed by atoms with Gasteiger partial charge in [0.2, 0.25) is 5.13 Å². The van der Waals surface area contributed by atoms with E-state index in [1.165, 1.54) is 43.9 Å². The molecule has 1 N–H and O–H groups in total. The minimum absolute atomic E-state index is 0.812. The summed E-state index contributed by atoms with van der Waals surface area (Å²) in [6.07, 6.45) is 3.75. The predicted molar refractivity (Wildman–Crippen MR) is 72.7 cm³/mol. The Bertz CT molecular complexity index is 333. The Kier molecular flexibility index (Phi) is 4.74. The topological polar surface area (TPSA) is 41.0 Å². The molecule has 1 aliphatic heterocycles. The molecule has 0 atom stereocenters. The molecule has 96 valence electrons. The Hall–Kier alpha value is -0.680. The van der Waals surface area contributed by atoms with Gasteiger partial charge in [0.15, 0.2) is 0 Å². The van der Waals surface area contributed by atoms with Crippen molar-refractivity contribution >= 4 is 16.7 Å². The second-order valence-electron chi connectivity index (χ2n) is 4.76. The molecule has 2 heterocycles. The third-order valence-corrected chi connectivity index (χ3v) is 4.09. The number of anilines is 1. The molecule has 0 spiro atoms. The number of nitrogens with one attached hydrogen (secondary N) is 1. The van der Waals surface area contributed by atoms with E-state index in [2.05, 4.69) is 26.5 Å². The number of nitrogens with zero attached hydrogens (tertiary/aromatic N) is 3. The van der Waals surface area contributed by atoms with Crippen LogP contribution >= 0.6 is 11.5 Å². The van der Waals surface area contributed by atoms with Gasteiger partial charge in [-0.05, 0) is 45.2 Å². The zero-order chi connectivity index (χ0) is 12.1. The van der Waals surface area contributed by atoms with E-state index in [1.54, 1.807) is 0 Å². The Morgan fingerprint density at radius 1 is 1.41 bits per heavy atom. The molecule has 0 bridgehead atoms. The van der Waals surface area contributed by atoms with E-state index < -0.39 is 0 Å². The van der Waals surface area contributed by atoms with Gasteiger partial charge in [0.25, 0.3) is 0 Å².